The molecule has 1 atom stereocenters. The number of imidazole rings is 2. The number of amides is 2. The maximum absolute atomic E-state index is 13.7. The van der Waals surface area contributed by atoms with Crippen LogP contribution in [0.5, 0.6) is 0 Å². The summed E-state index contributed by atoms with van der Waals surface area (Å²) in [6.07, 6.45) is 10.7. The number of carbonyl (C=O) groups is 2. The highest BCUT2D eigenvalue weighted by atomic mass is 19.1. The number of unbranched alkanes of at least 4 members (excludes halogenated alkanes) is 1. The van der Waals surface area contributed by atoms with Crippen LogP contribution in [0.3, 0.4) is 0 Å². The van der Waals surface area contributed by atoms with Crippen molar-refractivity contribution < 1.29 is 14.0 Å². The molecule has 11 nitrogen and oxygen atoms in total. The topological polar surface area (TPSA) is 102 Å². The number of piperidine rings is 1. The van der Waals surface area contributed by atoms with Gasteiger partial charge in [0.1, 0.15) is 11.9 Å². The molecule has 1 unspecified atom stereocenters. The molecule has 0 radical (unpaired) electrons. The second kappa shape index (κ2) is 12.9. The lowest BCUT2D eigenvalue weighted by Gasteiger charge is -2.48. The summed E-state index contributed by atoms with van der Waals surface area (Å²) in [5.74, 6) is -0.0269. The molecule has 3 aromatic carbocycles. The van der Waals surface area contributed by atoms with Crippen molar-refractivity contribution in [3.05, 3.63) is 113 Å². The lowest BCUT2D eigenvalue weighted by molar-refractivity contribution is -0.135. The molecule has 2 amide bonds. The van der Waals surface area contributed by atoms with Gasteiger partial charge >= 0.3 is 5.69 Å². The number of imide groups is 1. The first-order chi connectivity index (χ1) is 26.7. The molecule has 3 aromatic heterocycles. The number of hydrogen-bond donors (Lipinski definition) is 1. The summed E-state index contributed by atoms with van der Waals surface area (Å²) >= 11 is 0. The number of benzene rings is 3. The van der Waals surface area contributed by atoms with Gasteiger partial charge in [-0.05, 0) is 97.8 Å². The third-order valence-corrected chi connectivity index (χ3v) is 12.4. The van der Waals surface area contributed by atoms with Crippen LogP contribution in [0.15, 0.2) is 90.1 Å². The minimum Gasteiger partial charge on any atom is -0.371 e. The Hall–Kier alpha value is -5.75. The zero-order valence-corrected chi connectivity index (χ0v) is 30.9. The molecule has 0 bridgehead atoms. The predicted octanol–water partition coefficient (Wildman–Crippen LogP) is 5.67. The Labute approximate surface area is 317 Å². The van der Waals surface area contributed by atoms with E-state index in [4.69, 9.17) is 4.98 Å². The van der Waals surface area contributed by atoms with Gasteiger partial charge in [0.2, 0.25) is 11.8 Å². The van der Waals surface area contributed by atoms with Crippen LogP contribution in [0, 0.1) is 11.2 Å². The molecule has 0 aliphatic carbocycles. The first-order valence-corrected chi connectivity index (χ1v) is 19.4. The number of likely N-dealkylation sites (tertiary alicyclic amines) is 1. The van der Waals surface area contributed by atoms with Crippen LogP contribution in [0.2, 0.25) is 0 Å². The van der Waals surface area contributed by atoms with Crippen LogP contribution < -0.4 is 15.9 Å². The van der Waals surface area contributed by atoms with E-state index in [9.17, 15) is 18.8 Å². The van der Waals surface area contributed by atoms with Crippen molar-refractivity contribution in [3.8, 4) is 28.3 Å². The smallest absolute Gasteiger partial charge is 0.329 e. The SMILES string of the molecule is Cn1c(=O)n(C2CCC(=O)NC2=O)c2cccc(CCCCN3CC4(CCN(c5ccc6c(c5)Cn5cc(-c7ccc(F)cc7)cc5-c5nccn5-6)C4)C3)c21. The van der Waals surface area contributed by atoms with E-state index in [2.05, 4.69) is 60.8 Å². The third kappa shape index (κ3) is 5.73. The highest BCUT2D eigenvalue weighted by molar-refractivity contribution is 6.00. The van der Waals surface area contributed by atoms with Gasteiger partial charge < -0.3 is 14.4 Å². The number of nitrogens with zero attached hydrogens (tertiary/aromatic N) is 7. The summed E-state index contributed by atoms with van der Waals surface area (Å²) in [6.45, 7) is 6.12. The van der Waals surface area contributed by atoms with Crippen LogP contribution in [-0.2, 0) is 29.6 Å². The van der Waals surface area contributed by atoms with Crippen molar-refractivity contribution in [2.45, 2.75) is 51.1 Å². The number of anilines is 1. The lowest BCUT2D eigenvalue weighted by Crippen LogP contribution is -2.57. The van der Waals surface area contributed by atoms with Crippen molar-refractivity contribution >= 4 is 28.5 Å². The van der Waals surface area contributed by atoms with Crippen LogP contribution in [-0.4, -0.2) is 72.7 Å². The fourth-order valence-corrected chi connectivity index (χ4v) is 9.71. The number of aromatic nitrogens is 5. The zero-order valence-electron chi connectivity index (χ0n) is 30.9. The Bertz CT molecular complexity index is 2550. The Kier molecular flexibility index (Phi) is 7.95. The van der Waals surface area contributed by atoms with Gasteiger partial charge in [0.15, 0.2) is 5.82 Å². The van der Waals surface area contributed by atoms with Crippen LogP contribution in [0.4, 0.5) is 10.1 Å². The maximum atomic E-state index is 13.7. The summed E-state index contributed by atoms with van der Waals surface area (Å²) in [7, 11) is 1.77. The second-order valence-corrected chi connectivity index (χ2v) is 16.0. The number of rotatable bonds is 8. The molecule has 6 aromatic rings. The van der Waals surface area contributed by atoms with Gasteiger partial charge in [-0.1, -0.05) is 24.3 Å². The first-order valence-electron chi connectivity index (χ1n) is 19.4. The zero-order chi connectivity index (χ0) is 37.4. The molecular formula is C43H43FN8O3. The second-order valence-electron chi connectivity index (χ2n) is 16.0. The van der Waals surface area contributed by atoms with Crippen LogP contribution in [0.25, 0.3) is 39.4 Å². The van der Waals surface area contributed by atoms with Crippen molar-refractivity contribution in [2.75, 3.05) is 37.6 Å². The van der Waals surface area contributed by atoms with Gasteiger partial charge in [0.05, 0.1) is 22.4 Å². The molecule has 3 saturated heterocycles. The molecule has 1 spiro atoms. The van der Waals surface area contributed by atoms with Crippen molar-refractivity contribution in [1.82, 2.24) is 33.5 Å². The standard InChI is InChI=1S/C43H43FN8O3/c1-47-39-29(6-4-7-35(39)52(42(47)55)36-14-15-38(53)46-41(36)54)5-2-3-18-48-25-43(26-48)16-19-49(27-43)33-12-13-34-31(21-33)24-50-23-30(28-8-10-32(44)11-9-28)22-37(50)40-45-17-20-51(34)40/h4,6-13,17,20-23,36H,2-3,5,14-16,18-19,24-27H2,1H3,(H,46,53,54). The molecule has 0 saturated carbocycles. The Morgan fingerprint density at radius 3 is 2.65 bits per heavy atom. The predicted molar refractivity (Wildman–Crippen MR) is 209 cm³/mol. The van der Waals surface area contributed by atoms with E-state index >= 15 is 0 Å². The van der Waals surface area contributed by atoms with Crippen LogP contribution in [0.1, 0.15) is 49.3 Å². The van der Waals surface area contributed by atoms with E-state index in [0.717, 1.165) is 103 Å². The monoisotopic (exact) mass is 738 g/mol. The van der Waals surface area contributed by atoms with E-state index in [0.29, 0.717) is 11.8 Å². The lowest BCUT2D eigenvalue weighted by atomic mass is 9.79. The fraction of sp³-hybridized carbons (Fsp3) is 0.349. The Morgan fingerprint density at radius 2 is 1.82 bits per heavy atom. The molecule has 55 heavy (non-hydrogen) atoms. The quantitative estimate of drug-likeness (QED) is 0.159. The van der Waals surface area contributed by atoms with Crippen molar-refractivity contribution in [1.29, 1.82) is 0 Å². The fourth-order valence-electron chi connectivity index (χ4n) is 9.71. The van der Waals surface area contributed by atoms with Gasteiger partial charge in [-0.3, -0.25) is 28.6 Å². The van der Waals surface area contributed by atoms with Crippen molar-refractivity contribution in [3.63, 3.8) is 0 Å². The molecule has 10 rings (SSSR count). The number of para-hydroxylation sites is 1. The summed E-state index contributed by atoms with van der Waals surface area (Å²) in [5.41, 5.74) is 9.57. The molecule has 4 aliphatic rings. The van der Waals surface area contributed by atoms with Gasteiger partial charge in [-0.25, -0.2) is 14.2 Å². The number of nitrogens with one attached hydrogen (secondary N) is 1. The van der Waals surface area contributed by atoms with Gasteiger partial charge in [0.25, 0.3) is 0 Å². The normalized spacial score (nSPS) is 18.9. The van der Waals surface area contributed by atoms with E-state index in [-0.39, 0.29) is 23.8 Å². The van der Waals surface area contributed by atoms with E-state index < -0.39 is 11.9 Å². The molecule has 7 heterocycles. The average Bonchev–Trinajstić information content (AvgIpc) is 3.96. The summed E-state index contributed by atoms with van der Waals surface area (Å²) in [4.78, 5) is 47.6. The Balaban J connectivity index is 0.775. The summed E-state index contributed by atoms with van der Waals surface area (Å²) in [5, 5.41) is 2.39. The molecule has 12 heteroatoms. The van der Waals surface area contributed by atoms with E-state index in [1.54, 1.807) is 16.2 Å². The van der Waals surface area contributed by atoms with Gasteiger partial charge in [0, 0.05) is 81.4 Å². The number of carbonyl (C=O) groups excluding carboxylic acids is 2. The molecule has 1 N–H and O–H groups in total. The maximum Gasteiger partial charge on any atom is 0.329 e. The largest absolute Gasteiger partial charge is 0.371 e. The van der Waals surface area contributed by atoms with Crippen LogP contribution >= 0.6 is 0 Å². The highest BCUT2D eigenvalue weighted by Gasteiger charge is 2.47. The number of fused-ring (bicyclic) bond motifs is 6. The average molecular weight is 739 g/mol. The minimum atomic E-state index is -0.673. The number of aryl methyl sites for hydroxylation is 2. The molecular weight excluding hydrogens is 696 g/mol. The third-order valence-electron chi connectivity index (χ3n) is 12.4. The molecule has 4 aliphatic heterocycles. The highest BCUT2D eigenvalue weighted by Crippen LogP contribution is 2.42. The molecule has 3 fully saturated rings. The van der Waals surface area contributed by atoms with E-state index in [1.165, 1.54) is 29.8 Å². The number of hydrogen-bond acceptors (Lipinski definition) is 6. The van der Waals surface area contributed by atoms with Gasteiger partial charge in [-0.2, -0.15) is 0 Å². The minimum absolute atomic E-state index is 0.223. The summed E-state index contributed by atoms with van der Waals surface area (Å²) in [6, 6.07) is 21.0. The Morgan fingerprint density at radius 1 is 0.964 bits per heavy atom. The molecule has 280 valence electrons. The van der Waals surface area contributed by atoms with Crippen molar-refractivity contribution in [2.24, 2.45) is 12.5 Å². The van der Waals surface area contributed by atoms with E-state index in [1.807, 2.05) is 36.7 Å². The summed E-state index contributed by atoms with van der Waals surface area (Å²) < 4.78 is 21.3. The number of halogens is 1. The van der Waals surface area contributed by atoms with Gasteiger partial charge in [-0.15, -0.1) is 0 Å². The first kappa shape index (κ1) is 33.8.